The average molecular weight is 118 g/mol. The number of fused-ring (bicyclic) bond motifs is 2. The van der Waals surface area contributed by atoms with Crippen molar-refractivity contribution in [1.29, 1.82) is 0 Å². The van der Waals surface area contributed by atoms with Gasteiger partial charge in [0.25, 0.3) is 0 Å². The smallest absolute Gasteiger partial charge is 0.359 e. The van der Waals surface area contributed by atoms with Gasteiger partial charge in [-0.05, 0) is 17.8 Å². The van der Waals surface area contributed by atoms with Crippen molar-refractivity contribution < 1.29 is 5.02 Å². The average Bonchev–Trinajstić information content (AvgIpc) is 1.91. The Morgan fingerprint density at radius 2 is 1.89 bits per heavy atom. The van der Waals surface area contributed by atoms with Crippen LogP contribution in [-0.2, 0) is 0 Å². The lowest BCUT2D eigenvalue weighted by Crippen LogP contribution is -2.56. The number of hydrogen-bond acceptors (Lipinski definition) is 1. The molecular weight excluding hydrogens is 111 g/mol. The number of rotatable bonds is 0. The summed E-state index contributed by atoms with van der Waals surface area (Å²) in [4.78, 5) is 0. The van der Waals surface area contributed by atoms with Gasteiger partial charge in [0.05, 0.1) is 0 Å². The second-order valence-electron chi connectivity index (χ2n) is 2.46. The molecule has 0 radical (unpaired) electrons. The largest absolute Gasteiger partial charge is 0.443 e. The van der Waals surface area contributed by atoms with E-state index in [0.717, 1.165) is 10.9 Å². The van der Waals surface area contributed by atoms with Crippen molar-refractivity contribution in [2.24, 2.45) is 0 Å². The maximum absolute atomic E-state index is 9.22. The Hall–Kier alpha value is -0.755. The first kappa shape index (κ1) is 5.06. The Labute approximate surface area is 54.4 Å². The molecule has 0 aromatic heterocycles. The molecule has 0 unspecified atom stereocenters. The van der Waals surface area contributed by atoms with Gasteiger partial charge in [0, 0.05) is 0 Å². The molecule has 3 rings (SSSR count). The van der Waals surface area contributed by atoms with Gasteiger partial charge >= 0.3 is 6.92 Å². The highest BCUT2D eigenvalue weighted by atomic mass is 16.2. The summed E-state index contributed by atoms with van der Waals surface area (Å²) in [6.45, 7) is 1.77. The molecule has 0 aliphatic carbocycles. The molecule has 0 spiro atoms. The minimum absolute atomic E-state index is 0.269. The standard InChI is InChI=1S/C7H7BO/c1-5-6-3-2-4-7(5)8(6)9/h2-4,9H,1H3. The van der Waals surface area contributed by atoms with Crippen LogP contribution in [-0.4, -0.2) is 11.9 Å². The van der Waals surface area contributed by atoms with Crippen LogP contribution >= 0.6 is 0 Å². The Bertz CT molecular complexity index is 235. The molecule has 2 aliphatic rings. The minimum atomic E-state index is -0.269. The van der Waals surface area contributed by atoms with Gasteiger partial charge in [0.15, 0.2) is 0 Å². The number of benzene rings is 1. The summed E-state index contributed by atoms with van der Waals surface area (Å²) in [5.41, 5.74) is 3.44. The predicted octanol–water partition coefficient (Wildman–Crippen LogP) is -0.594. The first-order valence-electron chi connectivity index (χ1n) is 3.08. The van der Waals surface area contributed by atoms with Crippen LogP contribution in [0.5, 0.6) is 0 Å². The number of hydrogen-bond donors (Lipinski definition) is 1. The van der Waals surface area contributed by atoms with E-state index in [4.69, 9.17) is 0 Å². The van der Waals surface area contributed by atoms with Crippen LogP contribution in [0.1, 0.15) is 5.56 Å². The third kappa shape index (κ3) is 0.442. The lowest BCUT2D eigenvalue weighted by atomic mass is 9.44. The van der Waals surface area contributed by atoms with Gasteiger partial charge in [-0.2, -0.15) is 0 Å². The topological polar surface area (TPSA) is 20.2 Å². The van der Waals surface area contributed by atoms with Crippen molar-refractivity contribution >= 4 is 17.8 Å². The first-order valence-corrected chi connectivity index (χ1v) is 3.08. The van der Waals surface area contributed by atoms with Gasteiger partial charge in [-0.3, -0.25) is 0 Å². The SMILES string of the molecule is Cc1c2cccc1B2O. The molecule has 0 atom stereocenters. The molecule has 2 aliphatic heterocycles. The van der Waals surface area contributed by atoms with E-state index in [1.54, 1.807) is 0 Å². The van der Waals surface area contributed by atoms with E-state index in [1.165, 1.54) is 5.56 Å². The van der Waals surface area contributed by atoms with E-state index in [9.17, 15) is 5.02 Å². The second kappa shape index (κ2) is 1.39. The van der Waals surface area contributed by atoms with Gasteiger partial charge in [0.1, 0.15) is 0 Å². The van der Waals surface area contributed by atoms with Gasteiger partial charge in [0.2, 0.25) is 0 Å². The highest BCUT2D eigenvalue weighted by Crippen LogP contribution is 2.03. The molecule has 9 heavy (non-hydrogen) atoms. The van der Waals surface area contributed by atoms with Crippen molar-refractivity contribution in [3.8, 4) is 0 Å². The molecule has 2 bridgehead atoms. The molecule has 0 fully saturated rings. The Morgan fingerprint density at radius 3 is 2.11 bits per heavy atom. The highest BCUT2D eigenvalue weighted by molar-refractivity contribution is 6.85. The summed E-state index contributed by atoms with van der Waals surface area (Å²) in [5.74, 6) is 0. The van der Waals surface area contributed by atoms with Crippen molar-refractivity contribution in [3.63, 3.8) is 0 Å². The van der Waals surface area contributed by atoms with Gasteiger partial charge in [-0.25, -0.2) is 0 Å². The van der Waals surface area contributed by atoms with Gasteiger partial charge < -0.3 is 5.02 Å². The Kier molecular flexibility index (Phi) is 0.783. The van der Waals surface area contributed by atoms with Crippen LogP contribution in [0.4, 0.5) is 0 Å². The Balaban J connectivity index is 2.67. The van der Waals surface area contributed by atoms with E-state index < -0.39 is 0 Å². The summed E-state index contributed by atoms with van der Waals surface area (Å²) in [5, 5.41) is 9.22. The summed E-state index contributed by atoms with van der Waals surface area (Å²) >= 11 is 0. The zero-order valence-electron chi connectivity index (χ0n) is 5.26. The normalized spacial score (nSPS) is 13.3. The van der Waals surface area contributed by atoms with Crippen molar-refractivity contribution in [2.75, 3.05) is 0 Å². The van der Waals surface area contributed by atoms with Crippen molar-refractivity contribution in [1.82, 2.24) is 0 Å². The molecule has 1 nitrogen and oxygen atoms in total. The molecule has 0 amide bonds. The summed E-state index contributed by atoms with van der Waals surface area (Å²) < 4.78 is 0. The molecule has 1 N–H and O–H groups in total. The van der Waals surface area contributed by atoms with Crippen molar-refractivity contribution in [2.45, 2.75) is 6.92 Å². The summed E-state index contributed by atoms with van der Waals surface area (Å²) in [7, 11) is 0. The summed E-state index contributed by atoms with van der Waals surface area (Å²) in [6, 6.07) is 5.91. The minimum Gasteiger partial charge on any atom is -0.443 e. The predicted molar refractivity (Wildman–Crippen MR) is 38.4 cm³/mol. The Morgan fingerprint density at radius 1 is 1.33 bits per heavy atom. The van der Waals surface area contributed by atoms with Crippen molar-refractivity contribution in [3.05, 3.63) is 23.8 Å². The maximum Gasteiger partial charge on any atom is 0.359 e. The van der Waals surface area contributed by atoms with Crippen LogP contribution in [0.2, 0.25) is 0 Å². The number of aryl methyl sites for hydroxylation is 1. The molecule has 0 saturated heterocycles. The lowest BCUT2D eigenvalue weighted by molar-refractivity contribution is 0.596. The molecule has 44 valence electrons. The fourth-order valence-corrected chi connectivity index (χ4v) is 1.35. The molecule has 2 heterocycles. The second-order valence-corrected chi connectivity index (χ2v) is 2.46. The molecule has 0 saturated carbocycles. The van der Waals surface area contributed by atoms with Crippen LogP contribution in [0, 0.1) is 6.92 Å². The monoisotopic (exact) mass is 118 g/mol. The van der Waals surface area contributed by atoms with E-state index >= 15 is 0 Å². The van der Waals surface area contributed by atoms with E-state index in [2.05, 4.69) is 0 Å². The van der Waals surface area contributed by atoms with E-state index in [1.807, 2.05) is 25.1 Å². The lowest BCUT2D eigenvalue weighted by Gasteiger charge is -2.23. The quantitative estimate of drug-likeness (QED) is 0.451. The highest BCUT2D eigenvalue weighted by Gasteiger charge is 2.30. The fraction of sp³-hybridized carbons (Fsp3) is 0.143. The molecule has 1 aromatic carbocycles. The van der Waals surface area contributed by atoms with Crippen LogP contribution < -0.4 is 10.9 Å². The van der Waals surface area contributed by atoms with Gasteiger partial charge in [-0.1, -0.05) is 23.8 Å². The van der Waals surface area contributed by atoms with E-state index in [-0.39, 0.29) is 6.92 Å². The van der Waals surface area contributed by atoms with E-state index in [0.29, 0.717) is 0 Å². The molecule has 1 aromatic rings. The fourth-order valence-electron chi connectivity index (χ4n) is 1.35. The zero-order valence-corrected chi connectivity index (χ0v) is 5.26. The molecular formula is C7H7BO. The van der Waals surface area contributed by atoms with Crippen LogP contribution in [0.15, 0.2) is 18.2 Å². The zero-order chi connectivity index (χ0) is 6.43. The third-order valence-corrected chi connectivity index (χ3v) is 2.01. The van der Waals surface area contributed by atoms with Crippen LogP contribution in [0.25, 0.3) is 0 Å². The third-order valence-electron chi connectivity index (χ3n) is 2.01. The summed E-state index contributed by atoms with van der Waals surface area (Å²) in [6.07, 6.45) is 0. The maximum atomic E-state index is 9.22. The molecule has 2 heteroatoms. The van der Waals surface area contributed by atoms with Gasteiger partial charge in [-0.15, -0.1) is 0 Å². The van der Waals surface area contributed by atoms with Crippen LogP contribution in [0.3, 0.4) is 0 Å². The first-order chi connectivity index (χ1) is 4.30.